The molecular formula is C15H12N4O. The van der Waals surface area contributed by atoms with Gasteiger partial charge < -0.3 is 0 Å². The fourth-order valence-electron chi connectivity index (χ4n) is 2.09. The summed E-state index contributed by atoms with van der Waals surface area (Å²) in [6.45, 7) is 2.00. The summed E-state index contributed by atoms with van der Waals surface area (Å²) in [5.74, 6) is 0. The van der Waals surface area contributed by atoms with Crippen molar-refractivity contribution in [3.05, 3.63) is 60.0 Å². The van der Waals surface area contributed by atoms with Gasteiger partial charge in [-0.05, 0) is 36.8 Å². The number of nitrogens with zero attached hydrogens (tertiary/aromatic N) is 4. The van der Waals surface area contributed by atoms with E-state index in [2.05, 4.69) is 15.3 Å². The van der Waals surface area contributed by atoms with E-state index in [1.54, 1.807) is 17.1 Å². The Labute approximate surface area is 115 Å². The van der Waals surface area contributed by atoms with Crippen LogP contribution >= 0.6 is 0 Å². The second kappa shape index (κ2) is 5.05. The average molecular weight is 264 g/mol. The van der Waals surface area contributed by atoms with Gasteiger partial charge in [0.2, 0.25) is 0 Å². The molecule has 0 unspecified atom stereocenters. The van der Waals surface area contributed by atoms with E-state index in [1.807, 2.05) is 43.3 Å². The Morgan fingerprint density at radius 2 is 2.10 bits per heavy atom. The molecule has 0 N–H and O–H groups in total. The van der Waals surface area contributed by atoms with E-state index in [9.17, 15) is 4.79 Å². The zero-order valence-electron chi connectivity index (χ0n) is 10.9. The summed E-state index contributed by atoms with van der Waals surface area (Å²) >= 11 is 0. The van der Waals surface area contributed by atoms with Gasteiger partial charge in [0.15, 0.2) is 12.0 Å². The summed E-state index contributed by atoms with van der Waals surface area (Å²) in [5.41, 5.74) is 3.74. The zero-order valence-corrected chi connectivity index (χ0v) is 10.9. The van der Waals surface area contributed by atoms with Gasteiger partial charge in [0.05, 0.1) is 5.69 Å². The number of rotatable bonds is 3. The van der Waals surface area contributed by atoms with Gasteiger partial charge in [0.1, 0.15) is 5.69 Å². The molecule has 0 aliphatic rings. The Kier molecular flexibility index (Phi) is 3.09. The molecule has 0 saturated carbocycles. The first kappa shape index (κ1) is 12.2. The molecule has 2 aromatic heterocycles. The molecule has 0 spiro atoms. The van der Waals surface area contributed by atoms with E-state index in [-0.39, 0.29) is 0 Å². The van der Waals surface area contributed by atoms with Crippen molar-refractivity contribution in [1.82, 2.24) is 20.0 Å². The van der Waals surface area contributed by atoms with Crippen LogP contribution in [-0.4, -0.2) is 26.3 Å². The molecule has 98 valence electrons. The Morgan fingerprint density at radius 3 is 2.80 bits per heavy atom. The highest BCUT2D eigenvalue weighted by Crippen LogP contribution is 2.23. The van der Waals surface area contributed by atoms with Crippen molar-refractivity contribution in [3.8, 4) is 16.9 Å². The van der Waals surface area contributed by atoms with Crippen LogP contribution in [0, 0.1) is 6.92 Å². The van der Waals surface area contributed by atoms with Crippen molar-refractivity contribution in [2.24, 2.45) is 0 Å². The van der Waals surface area contributed by atoms with Crippen LogP contribution in [0.1, 0.15) is 16.1 Å². The summed E-state index contributed by atoms with van der Waals surface area (Å²) in [6, 6.07) is 11.6. The SMILES string of the molecule is Cc1cccc(-n2nnc(C=O)c2-c2cccnc2)c1. The number of carbonyl (C=O) groups excluding carboxylic acids is 1. The molecule has 0 fully saturated rings. The number of aldehydes is 1. The third kappa shape index (κ3) is 2.09. The second-order valence-electron chi connectivity index (χ2n) is 4.43. The minimum Gasteiger partial charge on any atom is -0.296 e. The van der Waals surface area contributed by atoms with Gasteiger partial charge in [0, 0.05) is 18.0 Å². The lowest BCUT2D eigenvalue weighted by Gasteiger charge is -2.07. The summed E-state index contributed by atoms with van der Waals surface area (Å²) in [5, 5.41) is 8.02. The molecular weight excluding hydrogens is 252 g/mol. The third-order valence-corrected chi connectivity index (χ3v) is 2.99. The summed E-state index contributed by atoms with van der Waals surface area (Å²) < 4.78 is 1.66. The molecule has 0 aliphatic heterocycles. The first-order chi connectivity index (χ1) is 9.79. The van der Waals surface area contributed by atoms with Crippen molar-refractivity contribution < 1.29 is 4.79 Å². The number of benzene rings is 1. The van der Waals surface area contributed by atoms with Gasteiger partial charge in [-0.2, -0.15) is 0 Å². The highest BCUT2D eigenvalue weighted by atomic mass is 16.1. The lowest BCUT2D eigenvalue weighted by molar-refractivity contribution is 0.111. The van der Waals surface area contributed by atoms with E-state index in [0.29, 0.717) is 17.7 Å². The maximum Gasteiger partial charge on any atom is 0.172 e. The molecule has 3 rings (SSSR count). The van der Waals surface area contributed by atoms with Crippen molar-refractivity contribution in [2.45, 2.75) is 6.92 Å². The quantitative estimate of drug-likeness (QED) is 0.682. The van der Waals surface area contributed by atoms with Crippen LogP contribution < -0.4 is 0 Å². The van der Waals surface area contributed by atoms with Crippen LogP contribution in [-0.2, 0) is 0 Å². The van der Waals surface area contributed by atoms with Crippen LogP contribution in [0.25, 0.3) is 16.9 Å². The van der Waals surface area contributed by atoms with Crippen molar-refractivity contribution >= 4 is 6.29 Å². The Bertz CT molecular complexity index is 750. The first-order valence-corrected chi connectivity index (χ1v) is 6.18. The molecule has 2 heterocycles. The molecule has 3 aromatic rings. The molecule has 20 heavy (non-hydrogen) atoms. The number of aryl methyl sites for hydroxylation is 1. The fourth-order valence-corrected chi connectivity index (χ4v) is 2.09. The van der Waals surface area contributed by atoms with Crippen molar-refractivity contribution in [1.29, 1.82) is 0 Å². The van der Waals surface area contributed by atoms with E-state index < -0.39 is 0 Å². The monoisotopic (exact) mass is 264 g/mol. The highest BCUT2D eigenvalue weighted by Gasteiger charge is 2.15. The molecule has 0 aliphatic carbocycles. The van der Waals surface area contributed by atoms with E-state index in [0.717, 1.165) is 16.8 Å². The molecule has 0 amide bonds. The van der Waals surface area contributed by atoms with Crippen molar-refractivity contribution in [3.63, 3.8) is 0 Å². The number of hydrogen-bond acceptors (Lipinski definition) is 4. The van der Waals surface area contributed by atoms with Crippen LogP contribution in [0.4, 0.5) is 0 Å². The standard InChI is InChI=1S/C15H12N4O/c1-11-4-2-6-13(8-11)19-15(14(10-20)17-18-19)12-5-3-7-16-9-12/h2-10H,1H3. The van der Waals surface area contributed by atoms with Gasteiger partial charge in [-0.1, -0.05) is 17.3 Å². The van der Waals surface area contributed by atoms with Gasteiger partial charge in [0.25, 0.3) is 0 Å². The largest absolute Gasteiger partial charge is 0.296 e. The maximum absolute atomic E-state index is 11.2. The fraction of sp³-hybridized carbons (Fsp3) is 0.0667. The minimum atomic E-state index is 0.305. The average Bonchev–Trinajstić information content (AvgIpc) is 2.92. The molecule has 0 saturated heterocycles. The van der Waals surface area contributed by atoms with Crippen LogP contribution in [0.3, 0.4) is 0 Å². The number of pyridine rings is 1. The molecule has 0 radical (unpaired) electrons. The van der Waals surface area contributed by atoms with E-state index in [1.165, 1.54) is 0 Å². The number of hydrogen-bond donors (Lipinski definition) is 0. The lowest BCUT2D eigenvalue weighted by atomic mass is 10.1. The molecule has 5 heteroatoms. The summed E-state index contributed by atoms with van der Waals surface area (Å²) in [4.78, 5) is 15.3. The normalized spacial score (nSPS) is 10.4. The predicted molar refractivity (Wildman–Crippen MR) is 74.7 cm³/mol. The van der Waals surface area contributed by atoms with Crippen LogP contribution in [0.2, 0.25) is 0 Å². The third-order valence-electron chi connectivity index (χ3n) is 2.99. The molecule has 0 bridgehead atoms. The Hall–Kier alpha value is -2.82. The number of carbonyl (C=O) groups is 1. The molecule has 1 aromatic carbocycles. The smallest absolute Gasteiger partial charge is 0.172 e. The maximum atomic E-state index is 11.2. The Balaban J connectivity index is 2.23. The van der Waals surface area contributed by atoms with Crippen molar-refractivity contribution in [2.75, 3.05) is 0 Å². The van der Waals surface area contributed by atoms with E-state index in [4.69, 9.17) is 0 Å². The second-order valence-corrected chi connectivity index (χ2v) is 4.43. The Morgan fingerprint density at radius 1 is 1.20 bits per heavy atom. The summed E-state index contributed by atoms with van der Waals surface area (Å²) in [7, 11) is 0. The molecule has 5 nitrogen and oxygen atoms in total. The summed E-state index contributed by atoms with van der Waals surface area (Å²) in [6.07, 6.45) is 4.09. The minimum absolute atomic E-state index is 0.305. The van der Waals surface area contributed by atoms with Gasteiger partial charge >= 0.3 is 0 Å². The zero-order chi connectivity index (χ0) is 13.9. The highest BCUT2D eigenvalue weighted by molar-refractivity contribution is 5.83. The van der Waals surface area contributed by atoms with E-state index >= 15 is 0 Å². The van der Waals surface area contributed by atoms with Crippen LogP contribution in [0.5, 0.6) is 0 Å². The number of aromatic nitrogens is 4. The predicted octanol–water partition coefficient (Wildman–Crippen LogP) is 2.45. The first-order valence-electron chi connectivity index (χ1n) is 6.18. The van der Waals surface area contributed by atoms with Crippen LogP contribution in [0.15, 0.2) is 48.8 Å². The van der Waals surface area contributed by atoms with Gasteiger partial charge in [-0.15, -0.1) is 5.10 Å². The lowest BCUT2D eigenvalue weighted by Crippen LogP contribution is -2.00. The van der Waals surface area contributed by atoms with Gasteiger partial charge in [-0.3, -0.25) is 9.78 Å². The van der Waals surface area contributed by atoms with Gasteiger partial charge in [-0.25, -0.2) is 4.68 Å². The molecule has 0 atom stereocenters. The topological polar surface area (TPSA) is 60.7 Å².